The van der Waals surface area contributed by atoms with Gasteiger partial charge >= 0.3 is 11.9 Å². The summed E-state index contributed by atoms with van der Waals surface area (Å²) >= 11 is 0. The topological polar surface area (TPSA) is 89.6 Å². The van der Waals surface area contributed by atoms with Crippen LogP contribution in [0, 0.1) is 5.41 Å². The van der Waals surface area contributed by atoms with Gasteiger partial charge in [-0.2, -0.15) is 0 Å². The van der Waals surface area contributed by atoms with Crippen LogP contribution in [0.1, 0.15) is 20.8 Å². The average Bonchev–Trinajstić information content (AvgIpc) is 1.99. The van der Waals surface area contributed by atoms with Gasteiger partial charge < -0.3 is 15.6 Å². The molecule has 0 aromatic carbocycles. The second-order valence-electron chi connectivity index (χ2n) is 3.59. The SMILES string of the molecule is C[C@H](N)C(=O)OCC(C)(C)C(=O)O. The predicted molar refractivity (Wildman–Crippen MR) is 46.0 cm³/mol. The molecular weight excluding hydrogens is 174 g/mol. The molecule has 0 aromatic heterocycles. The minimum atomic E-state index is -1.06. The zero-order chi connectivity index (χ0) is 10.6. The minimum absolute atomic E-state index is 0.164. The lowest BCUT2D eigenvalue weighted by molar-refractivity contribution is -0.157. The summed E-state index contributed by atoms with van der Waals surface area (Å²) in [5.74, 6) is -1.60. The van der Waals surface area contributed by atoms with Crippen molar-refractivity contribution in [3.8, 4) is 0 Å². The van der Waals surface area contributed by atoms with Gasteiger partial charge in [0.05, 0.1) is 5.41 Å². The molecule has 0 bridgehead atoms. The molecule has 0 aliphatic carbocycles. The van der Waals surface area contributed by atoms with Gasteiger partial charge in [-0.3, -0.25) is 9.59 Å². The lowest BCUT2D eigenvalue weighted by Gasteiger charge is -2.19. The second-order valence-corrected chi connectivity index (χ2v) is 3.59. The van der Waals surface area contributed by atoms with Gasteiger partial charge in [-0.15, -0.1) is 0 Å². The molecule has 13 heavy (non-hydrogen) atoms. The highest BCUT2D eigenvalue weighted by molar-refractivity contribution is 5.77. The van der Waals surface area contributed by atoms with Crippen molar-refractivity contribution in [3.63, 3.8) is 0 Å². The summed E-state index contributed by atoms with van der Waals surface area (Å²) < 4.78 is 4.68. The maximum atomic E-state index is 10.9. The minimum Gasteiger partial charge on any atom is -0.481 e. The van der Waals surface area contributed by atoms with Crippen LogP contribution in [-0.4, -0.2) is 29.7 Å². The van der Waals surface area contributed by atoms with E-state index in [1.165, 1.54) is 20.8 Å². The molecule has 0 saturated carbocycles. The van der Waals surface area contributed by atoms with E-state index < -0.39 is 23.4 Å². The molecule has 0 aliphatic heterocycles. The Morgan fingerprint density at radius 2 is 2.00 bits per heavy atom. The molecule has 0 spiro atoms. The highest BCUT2D eigenvalue weighted by atomic mass is 16.5. The summed E-state index contributed by atoms with van der Waals surface area (Å²) in [6.45, 7) is 4.27. The predicted octanol–water partition coefficient (Wildman–Crippen LogP) is -0.0124. The maximum absolute atomic E-state index is 10.9. The summed E-state index contributed by atoms with van der Waals surface area (Å²) in [6, 6.07) is -0.718. The first kappa shape index (κ1) is 11.9. The van der Waals surface area contributed by atoms with Crippen molar-refractivity contribution in [1.29, 1.82) is 0 Å². The summed E-state index contributed by atoms with van der Waals surface area (Å²) in [4.78, 5) is 21.5. The van der Waals surface area contributed by atoms with E-state index >= 15 is 0 Å². The Balaban J connectivity index is 4.03. The molecule has 76 valence electrons. The molecule has 0 aliphatic rings. The third-order valence-electron chi connectivity index (χ3n) is 1.53. The first-order valence-electron chi connectivity index (χ1n) is 3.93. The third-order valence-corrected chi connectivity index (χ3v) is 1.53. The molecule has 1 atom stereocenters. The highest BCUT2D eigenvalue weighted by Crippen LogP contribution is 2.15. The van der Waals surface area contributed by atoms with Gasteiger partial charge in [0, 0.05) is 0 Å². The second kappa shape index (κ2) is 4.23. The van der Waals surface area contributed by atoms with Crippen LogP contribution in [0.5, 0.6) is 0 Å². The Morgan fingerprint density at radius 1 is 1.54 bits per heavy atom. The van der Waals surface area contributed by atoms with Crippen molar-refractivity contribution in [2.45, 2.75) is 26.8 Å². The quantitative estimate of drug-likeness (QED) is 0.607. The van der Waals surface area contributed by atoms with Gasteiger partial charge in [-0.05, 0) is 20.8 Å². The maximum Gasteiger partial charge on any atom is 0.322 e. The van der Waals surface area contributed by atoms with Gasteiger partial charge in [0.25, 0.3) is 0 Å². The molecule has 5 nitrogen and oxygen atoms in total. The lowest BCUT2D eigenvalue weighted by Crippen LogP contribution is -2.35. The van der Waals surface area contributed by atoms with E-state index in [4.69, 9.17) is 10.8 Å². The standard InChI is InChI=1S/C8H15NO4/c1-5(9)6(10)13-4-8(2,3)7(11)12/h5H,4,9H2,1-3H3,(H,11,12)/t5-/m0/s1. The zero-order valence-electron chi connectivity index (χ0n) is 8.03. The van der Waals surface area contributed by atoms with Crippen LogP contribution in [0.15, 0.2) is 0 Å². The molecule has 0 saturated heterocycles. The van der Waals surface area contributed by atoms with Crippen molar-refractivity contribution >= 4 is 11.9 Å². The summed E-state index contributed by atoms with van der Waals surface area (Å²) in [5.41, 5.74) is 4.15. The number of rotatable bonds is 4. The summed E-state index contributed by atoms with van der Waals surface area (Å²) in [5, 5.41) is 8.67. The van der Waals surface area contributed by atoms with E-state index in [9.17, 15) is 9.59 Å². The van der Waals surface area contributed by atoms with Crippen LogP contribution in [0.4, 0.5) is 0 Å². The van der Waals surface area contributed by atoms with Crippen molar-refractivity contribution in [1.82, 2.24) is 0 Å². The lowest BCUT2D eigenvalue weighted by atomic mass is 9.95. The smallest absolute Gasteiger partial charge is 0.322 e. The average molecular weight is 189 g/mol. The molecule has 0 amide bonds. The molecule has 0 unspecified atom stereocenters. The first-order valence-corrected chi connectivity index (χ1v) is 3.93. The van der Waals surface area contributed by atoms with Crippen LogP contribution >= 0.6 is 0 Å². The fourth-order valence-corrected chi connectivity index (χ4v) is 0.445. The fraction of sp³-hybridized carbons (Fsp3) is 0.750. The van der Waals surface area contributed by atoms with E-state index in [0.717, 1.165) is 0 Å². The van der Waals surface area contributed by atoms with Crippen LogP contribution < -0.4 is 5.73 Å². The summed E-state index contributed by atoms with van der Waals surface area (Å²) in [6.07, 6.45) is 0. The monoisotopic (exact) mass is 189 g/mol. The normalized spacial score (nSPS) is 13.5. The highest BCUT2D eigenvalue weighted by Gasteiger charge is 2.29. The van der Waals surface area contributed by atoms with E-state index in [1.54, 1.807) is 0 Å². The van der Waals surface area contributed by atoms with Crippen LogP contribution in [0.2, 0.25) is 0 Å². The molecule has 3 N–H and O–H groups in total. The molecule has 5 heteroatoms. The van der Waals surface area contributed by atoms with Crippen LogP contribution in [0.3, 0.4) is 0 Å². The number of carbonyl (C=O) groups is 2. The number of carboxylic acid groups (broad SMARTS) is 1. The molecule has 0 radical (unpaired) electrons. The Bertz CT molecular complexity index is 210. The Labute approximate surface area is 76.9 Å². The molecule has 0 rings (SSSR count). The van der Waals surface area contributed by atoms with E-state index in [0.29, 0.717) is 0 Å². The van der Waals surface area contributed by atoms with Crippen LogP contribution in [-0.2, 0) is 14.3 Å². The number of carboxylic acids is 1. The van der Waals surface area contributed by atoms with Crippen molar-refractivity contribution in [2.75, 3.05) is 6.61 Å². The van der Waals surface area contributed by atoms with Crippen molar-refractivity contribution in [3.05, 3.63) is 0 Å². The number of esters is 1. The van der Waals surface area contributed by atoms with Gasteiger partial charge in [0.1, 0.15) is 12.6 Å². The van der Waals surface area contributed by atoms with Gasteiger partial charge in [-0.1, -0.05) is 0 Å². The first-order chi connectivity index (χ1) is 5.77. The number of carbonyl (C=O) groups excluding carboxylic acids is 1. The Hall–Kier alpha value is -1.10. The van der Waals surface area contributed by atoms with E-state index in [1.807, 2.05) is 0 Å². The van der Waals surface area contributed by atoms with Gasteiger partial charge in [-0.25, -0.2) is 0 Å². The molecular formula is C8H15NO4. The largest absolute Gasteiger partial charge is 0.481 e. The van der Waals surface area contributed by atoms with Crippen molar-refractivity contribution < 1.29 is 19.4 Å². The molecule has 0 aromatic rings. The van der Waals surface area contributed by atoms with Gasteiger partial charge in [0.15, 0.2) is 0 Å². The number of hydrogen-bond acceptors (Lipinski definition) is 4. The Kier molecular flexibility index (Phi) is 3.87. The van der Waals surface area contributed by atoms with Crippen molar-refractivity contribution in [2.24, 2.45) is 11.1 Å². The zero-order valence-corrected chi connectivity index (χ0v) is 8.03. The summed E-state index contributed by atoms with van der Waals surface area (Å²) in [7, 11) is 0. The molecule has 0 fully saturated rings. The molecule has 0 heterocycles. The number of hydrogen-bond donors (Lipinski definition) is 2. The Morgan fingerprint density at radius 3 is 2.31 bits per heavy atom. The fourth-order valence-electron chi connectivity index (χ4n) is 0.445. The number of ether oxygens (including phenoxy) is 1. The van der Waals surface area contributed by atoms with Gasteiger partial charge in [0.2, 0.25) is 0 Å². The number of nitrogens with two attached hydrogens (primary N) is 1. The van der Waals surface area contributed by atoms with E-state index in [2.05, 4.69) is 4.74 Å². The third kappa shape index (κ3) is 3.89. The van der Waals surface area contributed by atoms with Crippen LogP contribution in [0.25, 0.3) is 0 Å². The number of aliphatic carboxylic acids is 1. The van der Waals surface area contributed by atoms with E-state index in [-0.39, 0.29) is 6.61 Å².